The van der Waals surface area contributed by atoms with Gasteiger partial charge in [0.2, 0.25) is 0 Å². The molecule has 1 heterocycles. The van der Waals surface area contributed by atoms with Crippen LogP contribution in [0.15, 0.2) is 36.4 Å². The maximum atomic E-state index is 13.5. The van der Waals surface area contributed by atoms with Gasteiger partial charge in [-0.1, -0.05) is 29.3 Å². The van der Waals surface area contributed by atoms with Crippen LogP contribution in [-0.2, 0) is 0 Å². The SMILES string of the molecule is Cc1ccc2c(c1)C(N)CC(c1cc(F)cc(Cl)c1)O2. The molecule has 2 aromatic carbocycles. The number of ether oxygens (including phenoxy) is 1. The summed E-state index contributed by atoms with van der Waals surface area (Å²) in [7, 11) is 0. The molecule has 20 heavy (non-hydrogen) atoms. The molecule has 104 valence electrons. The summed E-state index contributed by atoms with van der Waals surface area (Å²) in [5.41, 5.74) is 9.08. The van der Waals surface area contributed by atoms with Crippen LogP contribution in [0.4, 0.5) is 4.39 Å². The number of nitrogens with two attached hydrogens (primary N) is 1. The van der Waals surface area contributed by atoms with Crippen LogP contribution in [0.3, 0.4) is 0 Å². The second-order valence-electron chi connectivity index (χ2n) is 5.19. The highest BCUT2D eigenvalue weighted by atomic mass is 35.5. The van der Waals surface area contributed by atoms with Crippen LogP contribution in [0.1, 0.15) is 35.3 Å². The van der Waals surface area contributed by atoms with E-state index in [2.05, 4.69) is 0 Å². The minimum atomic E-state index is -0.362. The minimum absolute atomic E-state index is 0.120. The van der Waals surface area contributed by atoms with Gasteiger partial charge in [-0.15, -0.1) is 0 Å². The highest BCUT2D eigenvalue weighted by Gasteiger charge is 2.27. The van der Waals surface area contributed by atoms with Crippen molar-refractivity contribution in [2.45, 2.75) is 25.5 Å². The maximum absolute atomic E-state index is 13.5. The van der Waals surface area contributed by atoms with Gasteiger partial charge in [-0.25, -0.2) is 4.39 Å². The first-order chi connectivity index (χ1) is 9.52. The third-order valence-corrected chi connectivity index (χ3v) is 3.78. The van der Waals surface area contributed by atoms with Crippen LogP contribution < -0.4 is 10.5 Å². The minimum Gasteiger partial charge on any atom is -0.485 e. The molecule has 0 bridgehead atoms. The Labute approximate surface area is 122 Å². The van der Waals surface area contributed by atoms with Gasteiger partial charge in [-0.2, -0.15) is 0 Å². The van der Waals surface area contributed by atoms with Crippen molar-refractivity contribution >= 4 is 11.6 Å². The summed E-state index contributed by atoms with van der Waals surface area (Å²) in [4.78, 5) is 0. The molecule has 1 aliphatic rings. The van der Waals surface area contributed by atoms with E-state index in [0.717, 1.165) is 22.4 Å². The van der Waals surface area contributed by atoms with E-state index in [1.165, 1.54) is 12.1 Å². The molecule has 0 aromatic heterocycles. The molecule has 3 rings (SSSR count). The Kier molecular flexibility index (Phi) is 3.40. The third-order valence-electron chi connectivity index (χ3n) is 3.56. The summed E-state index contributed by atoms with van der Waals surface area (Å²) >= 11 is 5.90. The fourth-order valence-electron chi connectivity index (χ4n) is 2.59. The van der Waals surface area contributed by atoms with Gasteiger partial charge in [0.05, 0.1) is 0 Å². The van der Waals surface area contributed by atoms with Crippen LogP contribution in [0.5, 0.6) is 5.75 Å². The lowest BCUT2D eigenvalue weighted by atomic mass is 9.92. The molecule has 2 unspecified atom stereocenters. The molecule has 2 N–H and O–H groups in total. The first-order valence-corrected chi connectivity index (χ1v) is 6.89. The lowest BCUT2D eigenvalue weighted by Gasteiger charge is -2.31. The average molecular weight is 292 g/mol. The molecule has 0 aliphatic carbocycles. The molecular formula is C16H15ClFNO. The van der Waals surface area contributed by atoms with E-state index in [1.807, 2.05) is 25.1 Å². The van der Waals surface area contributed by atoms with E-state index < -0.39 is 0 Å². The van der Waals surface area contributed by atoms with E-state index in [-0.39, 0.29) is 18.0 Å². The topological polar surface area (TPSA) is 35.2 Å². The number of hydrogen-bond acceptors (Lipinski definition) is 2. The quantitative estimate of drug-likeness (QED) is 0.849. The molecule has 0 amide bonds. The number of hydrogen-bond donors (Lipinski definition) is 1. The van der Waals surface area contributed by atoms with Gasteiger partial charge in [-0.3, -0.25) is 0 Å². The Balaban J connectivity index is 1.96. The Hall–Kier alpha value is -1.58. The zero-order valence-corrected chi connectivity index (χ0v) is 11.8. The number of fused-ring (bicyclic) bond motifs is 1. The molecule has 0 saturated heterocycles. The molecule has 4 heteroatoms. The first kappa shape index (κ1) is 13.4. The zero-order valence-electron chi connectivity index (χ0n) is 11.1. The molecule has 0 saturated carbocycles. The lowest BCUT2D eigenvalue weighted by molar-refractivity contribution is 0.161. The molecule has 0 spiro atoms. The molecule has 0 fully saturated rings. The second kappa shape index (κ2) is 5.08. The van der Waals surface area contributed by atoms with Gasteiger partial charge >= 0.3 is 0 Å². The van der Waals surface area contributed by atoms with Crippen molar-refractivity contribution in [2.24, 2.45) is 5.73 Å². The van der Waals surface area contributed by atoms with E-state index in [0.29, 0.717) is 11.4 Å². The van der Waals surface area contributed by atoms with Gasteiger partial charge in [0.1, 0.15) is 17.7 Å². The van der Waals surface area contributed by atoms with Crippen molar-refractivity contribution in [1.29, 1.82) is 0 Å². The molecule has 2 aromatic rings. The molecule has 0 radical (unpaired) electrons. The van der Waals surface area contributed by atoms with Gasteiger partial charge < -0.3 is 10.5 Å². The molecule has 2 atom stereocenters. The van der Waals surface area contributed by atoms with E-state index in [1.54, 1.807) is 6.07 Å². The highest BCUT2D eigenvalue weighted by molar-refractivity contribution is 6.30. The van der Waals surface area contributed by atoms with Crippen LogP contribution >= 0.6 is 11.6 Å². The van der Waals surface area contributed by atoms with Crippen molar-refractivity contribution in [3.63, 3.8) is 0 Å². The van der Waals surface area contributed by atoms with Gasteiger partial charge in [0.15, 0.2) is 0 Å². The van der Waals surface area contributed by atoms with Gasteiger partial charge in [0, 0.05) is 23.0 Å². The third kappa shape index (κ3) is 2.51. The molecular weight excluding hydrogens is 277 g/mol. The standard InChI is InChI=1S/C16H15ClFNO/c1-9-2-3-15-13(4-9)14(19)8-16(20-15)10-5-11(17)7-12(18)6-10/h2-7,14,16H,8,19H2,1H3. The van der Waals surface area contributed by atoms with Crippen LogP contribution in [0.25, 0.3) is 0 Å². The first-order valence-electron chi connectivity index (χ1n) is 6.52. The van der Waals surface area contributed by atoms with Gasteiger partial charge in [-0.05, 0) is 36.8 Å². The Morgan fingerprint density at radius 1 is 1.25 bits per heavy atom. The second-order valence-corrected chi connectivity index (χ2v) is 5.63. The molecule has 1 aliphatic heterocycles. The summed E-state index contributed by atoms with van der Waals surface area (Å²) in [5, 5.41) is 0.367. The highest BCUT2D eigenvalue weighted by Crippen LogP contribution is 2.40. The Morgan fingerprint density at radius 2 is 2.05 bits per heavy atom. The summed E-state index contributed by atoms with van der Waals surface area (Å²) in [6.07, 6.45) is 0.337. The van der Waals surface area contributed by atoms with E-state index >= 15 is 0 Å². The lowest BCUT2D eigenvalue weighted by Crippen LogP contribution is -2.24. The van der Waals surface area contributed by atoms with Crippen LogP contribution in [-0.4, -0.2) is 0 Å². The fraction of sp³-hybridized carbons (Fsp3) is 0.250. The van der Waals surface area contributed by atoms with Crippen molar-refractivity contribution in [3.05, 3.63) is 63.9 Å². The summed E-state index contributed by atoms with van der Waals surface area (Å²) in [6.45, 7) is 2.02. The van der Waals surface area contributed by atoms with Crippen molar-refractivity contribution in [3.8, 4) is 5.75 Å². The van der Waals surface area contributed by atoms with Crippen LogP contribution in [0.2, 0.25) is 5.02 Å². The predicted molar refractivity (Wildman–Crippen MR) is 77.5 cm³/mol. The average Bonchev–Trinajstić information content (AvgIpc) is 2.38. The zero-order chi connectivity index (χ0) is 14.3. The van der Waals surface area contributed by atoms with Crippen molar-refractivity contribution in [2.75, 3.05) is 0 Å². The fourth-order valence-corrected chi connectivity index (χ4v) is 2.82. The Morgan fingerprint density at radius 3 is 2.80 bits per heavy atom. The predicted octanol–water partition coefficient (Wildman–Crippen LogP) is 4.31. The van der Waals surface area contributed by atoms with Crippen molar-refractivity contribution < 1.29 is 9.13 Å². The number of aryl methyl sites for hydroxylation is 1. The smallest absolute Gasteiger partial charge is 0.126 e. The summed E-state index contributed by atoms with van der Waals surface area (Å²) in [6, 6.07) is 10.3. The number of halogens is 2. The van der Waals surface area contributed by atoms with Gasteiger partial charge in [0.25, 0.3) is 0 Å². The number of rotatable bonds is 1. The monoisotopic (exact) mass is 291 g/mol. The van der Waals surface area contributed by atoms with Crippen molar-refractivity contribution in [1.82, 2.24) is 0 Å². The Bertz CT molecular complexity index is 639. The molecule has 2 nitrogen and oxygen atoms in total. The maximum Gasteiger partial charge on any atom is 0.126 e. The summed E-state index contributed by atoms with van der Waals surface area (Å²) in [5.74, 6) is 0.402. The van der Waals surface area contributed by atoms with E-state index in [4.69, 9.17) is 22.1 Å². The number of benzene rings is 2. The van der Waals surface area contributed by atoms with E-state index in [9.17, 15) is 4.39 Å². The largest absolute Gasteiger partial charge is 0.485 e. The summed E-state index contributed by atoms with van der Waals surface area (Å²) < 4.78 is 19.4. The van der Waals surface area contributed by atoms with Crippen LogP contribution in [0, 0.1) is 12.7 Å². The normalized spacial score (nSPS) is 21.2.